The quantitative estimate of drug-likeness (QED) is 0.679. The molecule has 84 valence electrons. The maximum absolute atomic E-state index is 5.93. The van der Waals surface area contributed by atoms with Crippen LogP contribution in [0.4, 0.5) is 0 Å². The molecule has 2 unspecified atom stereocenters. The molecule has 0 N–H and O–H groups in total. The first-order chi connectivity index (χ1) is 6.74. The van der Waals surface area contributed by atoms with E-state index in [0.717, 1.165) is 13.2 Å². The number of methoxy groups -OCH3 is 1. The molecule has 1 rings (SSSR count). The van der Waals surface area contributed by atoms with Crippen molar-refractivity contribution in [3.05, 3.63) is 0 Å². The maximum Gasteiger partial charge on any atom is 0.0625 e. The largest absolute Gasteiger partial charge is 0.384 e. The summed E-state index contributed by atoms with van der Waals surface area (Å²) in [6.45, 7) is 6.16. The van der Waals surface area contributed by atoms with Crippen LogP contribution in [0, 0.1) is 11.8 Å². The first-order valence-corrected chi connectivity index (χ1v) is 5.84. The van der Waals surface area contributed by atoms with Gasteiger partial charge in [0.25, 0.3) is 0 Å². The predicted octanol–water partition coefficient (Wildman–Crippen LogP) is 2.86. The molecule has 1 saturated carbocycles. The average molecular weight is 200 g/mol. The van der Waals surface area contributed by atoms with Crippen molar-refractivity contribution in [1.29, 1.82) is 0 Å². The second-order valence-corrected chi connectivity index (χ2v) is 4.77. The summed E-state index contributed by atoms with van der Waals surface area (Å²) >= 11 is 0. The Labute approximate surface area is 88.0 Å². The van der Waals surface area contributed by atoms with E-state index in [0.29, 0.717) is 17.9 Å². The van der Waals surface area contributed by atoms with Gasteiger partial charge in [0.2, 0.25) is 0 Å². The van der Waals surface area contributed by atoms with Crippen LogP contribution < -0.4 is 0 Å². The summed E-state index contributed by atoms with van der Waals surface area (Å²) in [7, 11) is 1.79. The fraction of sp³-hybridized carbons (Fsp3) is 1.00. The van der Waals surface area contributed by atoms with Crippen molar-refractivity contribution in [3.8, 4) is 0 Å². The van der Waals surface area contributed by atoms with Gasteiger partial charge in [-0.1, -0.05) is 26.7 Å². The van der Waals surface area contributed by atoms with Crippen molar-refractivity contribution in [3.63, 3.8) is 0 Å². The molecule has 1 fully saturated rings. The molecule has 0 aromatic carbocycles. The molecule has 0 radical (unpaired) electrons. The Bertz CT molecular complexity index is 143. The van der Waals surface area contributed by atoms with Crippen LogP contribution in [0.1, 0.15) is 39.5 Å². The summed E-state index contributed by atoms with van der Waals surface area (Å²) < 4.78 is 11.2. The third kappa shape index (κ3) is 3.97. The molecule has 0 bridgehead atoms. The van der Waals surface area contributed by atoms with E-state index in [1.54, 1.807) is 7.11 Å². The molecule has 0 aromatic heterocycles. The highest BCUT2D eigenvalue weighted by molar-refractivity contribution is 4.75. The van der Waals surface area contributed by atoms with Crippen molar-refractivity contribution in [2.24, 2.45) is 11.8 Å². The van der Waals surface area contributed by atoms with Gasteiger partial charge in [-0.25, -0.2) is 0 Å². The molecule has 14 heavy (non-hydrogen) atoms. The number of hydrogen-bond donors (Lipinski definition) is 0. The Morgan fingerprint density at radius 3 is 2.57 bits per heavy atom. The molecule has 0 aliphatic heterocycles. The predicted molar refractivity (Wildman–Crippen MR) is 58.4 cm³/mol. The fourth-order valence-electron chi connectivity index (χ4n) is 2.11. The topological polar surface area (TPSA) is 18.5 Å². The molecule has 0 amide bonds. The maximum atomic E-state index is 5.93. The van der Waals surface area contributed by atoms with E-state index in [4.69, 9.17) is 9.47 Å². The van der Waals surface area contributed by atoms with Gasteiger partial charge in [0.05, 0.1) is 12.7 Å². The number of rotatable bonds is 5. The van der Waals surface area contributed by atoms with Crippen LogP contribution in [0.25, 0.3) is 0 Å². The van der Waals surface area contributed by atoms with Crippen LogP contribution in [0.5, 0.6) is 0 Å². The van der Waals surface area contributed by atoms with Gasteiger partial charge in [-0.3, -0.25) is 0 Å². The van der Waals surface area contributed by atoms with Gasteiger partial charge in [-0.05, 0) is 18.8 Å². The average Bonchev–Trinajstić information content (AvgIpc) is 2.17. The number of hydrogen-bond acceptors (Lipinski definition) is 2. The molecule has 1 aliphatic carbocycles. The summed E-state index contributed by atoms with van der Waals surface area (Å²) in [6.07, 6.45) is 5.61. The Hall–Kier alpha value is -0.0800. The fourth-order valence-corrected chi connectivity index (χ4v) is 2.11. The minimum Gasteiger partial charge on any atom is -0.384 e. The molecule has 2 nitrogen and oxygen atoms in total. The van der Waals surface area contributed by atoms with Crippen molar-refractivity contribution < 1.29 is 9.47 Å². The van der Waals surface area contributed by atoms with Crippen LogP contribution in [0.3, 0.4) is 0 Å². The Kier molecular flexibility index (Phi) is 5.49. The van der Waals surface area contributed by atoms with E-state index in [-0.39, 0.29) is 0 Å². The van der Waals surface area contributed by atoms with E-state index in [1.807, 2.05) is 0 Å². The van der Waals surface area contributed by atoms with E-state index >= 15 is 0 Å². The van der Waals surface area contributed by atoms with E-state index in [9.17, 15) is 0 Å². The zero-order chi connectivity index (χ0) is 10.4. The lowest BCUT2D eigenvalue weighted by Crippen LogP contribution is -2.31. The van der Waals surface area contributed by atoms with Crippen molar-refractivity contribution >= 4 is 0 Å². The lowest BCUT2D eigenvalue weighted by atomic mass is 9.87. The normalized spacial score (nSPS) is 28.3. The lowest BCUT2D eigenvalue weighted by Gasteiger charge is -2.31. The van der Waals surface area contributed by atoms with Gasteiger partial charge in [-0.2, -0.15) is 0 Å². The highest BCUT2D eigenvalue weighted by Crippen LogP contribution is 2.27. The Balaban J connectivity index is 2.30. The van der Waals surface area contributed by atoms with Crippen LogP contribution in [-0.2, 0) is 9.47 Å². The standard InChI is InChI=1S/C12H24O2/c1-10(2)8-14-12-7-5-4-6-11(12)9-13-3/h10-12H,4-9H2,1-3H3. The van der Waals surface area contributed by atoms with Crippen molar-refractivity contribution in [2.45, 2.75) is 45.6 Å². The summed E-state index contributed by atoms with van der Waals surface area (Å²) in [4.78, 5) is 0. The van der Waals surface area contributed by atoms with Crippen LogP contribution in [0.2, 0.25) is 0 Å². The second-order valence-electron chi connectivity index (χ2n) is 4.77. The summed E-state index contributed by atoms with van der Waals surface area (Å²) in [5.74, 6) is 1.27. The van der Waals surface area contributed by atoms with Gasteiger partial charge in [-0.15, -0.1) is 0 Å². The lowest BCUT2D eigenvalue weighted by molar-refractivity contribution is -0.0443. The Morgan fingerprint density at radius 1 is 1.21 bits per heavy atom. The summed E-state index contributed by atoms with van der Waals surface area (Å²) in [6, 6.07) is 0. The molecule has 2 atom stereocenters. The van der Waals surface area contributed by atoms with E-state index in [2.05, 4.69) is 13.8 Å². The van der Waals surface area contributed by atoms with Gasteiger partial charge in [0, 0.05) is 19.6 Å². The van der Waals surface area contributed by atoms with Crippen LogP contribution in [0.15, 0.2) is 0 Å². The molecule has 2 heteroatoms. The zero-order valence-corrected chi connectivity index (χ0v) is 9.79. The highest BCUT2D eigenvalue weighted by atomic mass is 16.5. The minimum atomic E-state index is 0.450. The van der Waals surface area contributed by atoms with Crippen LogP contribution >= 0.6 is 0 Å². The first kappa shape index (κ1) is 12.0. The van der Waals surface area contributed by atoms with E-state index < -0.39 is 0 Å². The molecule has 0 spiro atoms. The monoisotopic (exact) mass is 200 g/mol. The van der Waals surface area contributed by atoms with Crippen molar-refractivity contribution in [1.82, 2.24) is 0 Å². The smallest absolute Gasteiger partial charge is 0.0625 e. The molecular weight excluding hydrogens is 176 g/mol. The van der Waals surface area contributed by atoms with Gasteiger partial charge in [0.1, 0.15) is 0 Å². The number of ether oxygens (including phenoxy) is 2. The van der Waals surface area contributed by atoms with E-state index in [1.165, 1.54) is 25.7 Å². The minimum absolute atomic E-state index is 0.450. The first-order valence-electron chi connectivity index (χ1n) is 5.84. The highest BCUT2D eigenvalue weighted by Gasteiger charge is 2.25. The van der Waals surface area contributed by atoms with Crippen molar-refractivity contribution in [2.75, 3.05) is 20.3 Å². The molecule has 1 aliphatic rings. The summed E-state index contributed by atoms with van der Waals surface area (Å²) in [5, 5.41) is 0. The zero-order valence-electron chi connectivity index (χ0n) is 9.79. The molecule has 0 aromatic rings. The third-order valence-corrected chi connectivity index (χ3v) is 2.86. The van der Waals surface area contributed by atoms with Crippen LogP contribution in [-0.4, -0.2) is 26.4 Å². The molecule has 0 saturated heterocycles. The van der Waals surface area contributed by atoms with Gasteiger partial charge < -0.3 is 9.47 Å². The second kappa shape index (κ2) is 6.41. The third-order valence-electron chi connectivity index (χ3n) is 2.86. The molecular formula is C12H24O2. The molecule has 0 heterocycles. The summed E-state index contributed by atoms with van der Waals surface area (Å²) in [5.41, 5.74) is 0. The Morgan fingerprint density at radius 2 is 1.93 bits per heavy atom. The SMILES string of the molecule is COCC1CCCCC1OCC(C)C. The van der Waals surface area contributed by atoms with Gasteiger partial charge in [0.15, 0.2) is 0 Å². The van der Waals surface area contributed by atoms with Gasteiger partial charge >= 0.3 is 0 Å².